The summed E-state index contributed by atoms with van der Waals surface area (Å²) in [6.45, 7) is 1.98. The van der Waals surface area contributed by atoms with Crippen molar-refractivity contribution in [2.45, 2.75) is 48.9 Å². The maximum absolute atomic E-state index is 13.6. The van der Waals surface area contributed by atoms with E-state index in [1.165, 1.54) is 32.4 Å². The highest BCUT2D eigenvalue weighted by atomic mass is 32.2. The molecule has 1 amide bonds. The van der Waals surface area contributed by atoms with Crippen molar-refractivity contribution < 1.29 is 32.6 Å². The van der Waals surface area contributed by atoms with Gasteiger partial charge < -0.3 is 36.7 Å². The zero-order chi connectivity index (χ0) is 27.8. The van der Waals surface area contributed by atoms with Crippen LogP contribution in [0.25, 0.3) is 10.8 Å². The highest BCUT2D eigenvalue weighted by Crippen LogP contribution is 2.34. The first kappa shape index (κ1) is 29.6. The number of carbonyl (C=O) groups excluding carboxylic acids is 1. The van der Waals surface area contributed by atoms with Crippen LogP contribution in [0.5, 0.6) is 11.5 Å². The lowest BCUT2D eigenvalue weighted by molar-refractivity contribution is -0.147. The Morgan fingerprint density at radius 2 is 1.68 bits per heavy atom. The van der Waals surface area contributed by atoms with Crippen LogP contribution in [0.15, 0.2) is 40.2 Å². The number of carboxylic acids is 1. The van der Waals surface area contributed by atoms with E-state index in [0.29, 0.717) is 41.5 Å². The van der Waals surface area contributed by atoms with E-state index in [0.717, 1.165) is 4.90 Å². The Morgan fingerprint density at radius 1 is 1.05 bits per heavy atom. The number of carboxylic acid groups (broad SMARTS) is 1. The van der Waals surface area contributed by atoms with Crippen LogP contribution in [0.1, 0.15) is 32.6 Å². The standard InChI is InChI=1S/C24H35N5O7S/c1-4-5-11-29(21(30)18(25)7-6-10-28-24(26)27)22(23(31)32)37(33,34)17-9-8-15-13-19(35-2)20(36-3)14-16(15)12-17/h8-9,12-14,18,22H,4-7,10-11,25H2,1-3H3,(H,31,32)(H4,26,27,28)/t18-,22-/m0/s1. The second-order valence-electron chi connectivity index (χ2n) is 8.39. The zero-order valence-electron chi connectivity index (χ0n) is 21.2. The van der Waals surface area contributed by atoms with E-state index < -0.39 is 33.1 Å². The number of aliphatic imine (C=N–C) groups is 1. The summed E-state index contributed by atoms with van der Waals surface area (Å²) in [6.07, 6.45) is 1.49. The van der Waals surface area contributed by atoms with Gasteiger partial charge in [0.2, 0.25) is 21.1 Å². The van der Waals surface area contributed by atoms with Gasteiger partial charge in [-0.05, 0) is 54.3 Å². The van der Waals surface area contributed by atoms with Crippen molar-refractivity contribution in [2.24, 2.45) is 22.2 Å². The molecule has 204 valence electrons. The zero-order valence-corrected chi connectivity index (χ0v) is 22.0. The number of aliphatic carboxylic acids is 1. The van der Waals surface area contributed by atoms with Crippen LogP contribution in [-0.4, -0.2) is 75.0 Å². The second-order valence-corrected chi connectivity index (χ2v) is 10.4. The predicted molar refractivity (Wildman–Crippen MR) is 140 cm³/mol. The summed E-state index contributed by atoms with van der Waals surface area (Å²) >= 11 is 0. The molecule has 37 heavy (non-hydrogen) atoms. The van der Waals surface area contributed by atoms with Crippen molar-refractivity contribution in [3.63, 3.8) is 0 Å². The average molecular weight is 538 g/mol. The first-order valence-electron chi connectivity index (χ1n) is 11.7. The highest BCUT2D eigenvalue weighted by Gasteiger charge is 2.42. The highest BCUT2D eigenvalue weighted by molar-refractivity contribution is 7.92. The fourth-order valence-electron chi connectivity index (χ4n) is 3.82. The minimum absolute atomic E-state index is 0.0915. The topological polar surface area (TPSA) is 201 Å². The molecule has 0 radical (unpaired) electrons. The molecule has 0 saturated heterocycles. The van der Waals surface area contributed by atoms with E-state index in [1.54, 1.807) is 12.1 Å². The molecule has 0 aliphatic carbocycles. The third-order valence-corrected chi connectivity index (χ3v) is 7.71. The number of hydrogen-bond acceptors (Lipinski definition) is 8. The van der Waals surface area contributed by atoms with Crippen molar-refractivity contribution in [1.82, 2.24) is 4.90 Å². The lowest BCUT2D eigenvalue weighted by Crippen LogP contribution is -2.54. The SMILES string of the molecule is CCCCN(C(=O)[C@@H](N)CCCN=C(N)N)[C@H](C(=O)O)S(=O)(=O)c1ccc2cc(OC)c(OC)cc2c1. The molecule has 2 rings (SSSR count). The molecule has 13 heteroatoms. The van der Waals surface area contributed by atoms with Crippen LogP contribution in [0, 0.1) is 0 Å². The first-order chi connectivity index (χ1) is 17.5. The number of amides is 1. The fraction of sp³-hybridized carbons (Fsp3) is 0.458. The number of carbonyl (C=O) groups is 2. The number of hydrogen-bond donors (Lipinski definition) is 4. The Hall–Kier alpha value is -3.58. The van der Waals surface area contributed by atoms with Crippen LogP contribution in [0.2, 0.25) is 0 Å². The molecule has 0 bridgehead atoms. The van der Waals surface area contributed by atoms with E-state index in [2.05, 4.69) is 4.99 Å². The molecule has 0 saturated carbocycles. The summed E-state index contributed by atoms with van der Waals surface area (Å²) in [7, 11) is -1.62. The van der Waals surface area contributed by atoms with Crippen molar-refractivity contribution >= 4 is 38.4 Å². The van der Waals surface area contributed by atoms with E-state index in [4.69, 9.17) is 26.7 Å². The predicted octanol–water partition coefficient (Wildman–Crippen LogP) is 1.05. The summed E-state index contributed by atoms with van der Waals surface area (Å²) < 4.78 is 37.9. The maximum atomic E-state index is 13.6. The Balaban J connectivity index is 2.48. The van der Waals surface area contributed by atoms with Gasteiger partial charge in [-0.1, -0.05) is 19.4 Å². The monoisotopic (exact) mass is 537 g/mol. The molecular formula is C24H35N5O7S. The van der Waals surface area contributed by atoms with Crippen LogP contribution in [-0.2, 0) is 19.4 Å². The molecular weight excluding hydrogens is 502 g/mol. The van der Waals surface area contributed by atoms with Gasteiger partial charge in [-0.3, -0.25) is 9.79 Å². The molecule has 0 aliphatic heterocycles. The molecule has 12 nitrogen and oxygen atoms in total. The van der Waals surface area contributed by atoms with Gasteiger partial charge in [0.15, 0.2) is 17.5 Å². The molecule has 0 aliphatic rings. The lowest BCUT2D eigenvalue weighted by atomic mass is 10.1. The third kappa shape index (κ3) is 7.23. The molecule has 0 heterocycles. The number of nitrogens with two attached hydrogens (primary N) is 3. The van der Waals surface area contributed by atoms with Gasteiger partial charge in [0.25, 0.3) is 0 Å². The molecule has 0 unspecified atom stereocenters. The van der Waals surface area contributed by atoms with Gasteiger partial charge in [0, 0.05) is 13.1 Å². The van der Waals surface area contributed by atoms with Gasteiger partial charge in [-0.15, -0.1) is 0 Å². The number of unbranched alkanes of at least 4 members (excludes halogenated alkanes) is 1. The van der Waals surface area contributed by atoms with Crippen LogP contribution >= 0.6 is 0 Å². The fourth-order valence-corrected chi connectivity index (χ4v) is 5.44. The summed E-state index contributed by atoms with van der Waals surface area (Å²) in [5.41, 5.74) is 16.6. The van der Waals surface area contributed by atoms with E-state index in [1.807, 2.05) is 6.92 Å². The summed E-state index contributed by atoms with van der Waals surface area (Å²) in [4.78, 5) is 30.0. The Kier molecular flexibility index (Phi) is 10.5. The van der Waals surface area contributed by atoms with Crippen LogP contribution < -0.4 is 26.7 Å². The molecule has 2 aromatic carbocycles. The van der Waals surface area contributed by atoms with Gasteiger partial charge in [-0.25, -0.2) is 13.2 Å². The number of fused-ring (bicyclic) bond motifs is 1. The largest absolute Gasteiger partial charge is 0.493 e. The van der Waals surface area contributed by atoms with Gasteiger partial charge in [0.05, 0.1) is 25.2 Å². The molecule has 2 aromatic rings. The number of ether oxygens (including phenoxy) is 2. The number of sulfone groups is 1. The quantitative estimate of drug-likeness (QED) is 0.153. The van der Waals surface area contributed by atoms with Crippen molar-refractivity contribution in [2.75, 3.05) is 27.3 Å². The van der Waals surface area contributed by atoms with E-state index >= 15 is 0 Å². The van der Waals surface area contributed by atoms with Crippen molar-refractivity contribution in [3.8, 4) is 11.5 Å². The number of nitrogens with zero attached hydrogens (tertiary/aromatic N) is 2. The molecule has 7 N–H and O–H groups in total. The molecule has 0 aromatic heterocycles. The Labute approximate surface area is 216 Å². The normalized spacial score (nSPS) is 13.0. The smallest absolute Gasteiger partial charge is 0.342 e. The molecule has 0 spiro atoms. The molecule has 2 atom stereocenters. The summed E-state index contributed by atoms with van der Waals surface area (Å²) in [5, 5.41) is 9.00. The number of guanidine groups is 1. The van der Waals surface area contributed by atoms with Gasteiger partial charge in [-0.2, -0.15) is 0 Å². The molecule has 0 fully saturated rings. The van der Waals surface area contributed by atoms with Gasteiger partial charge in [0.1, 0.15) is 0 Å². The minimum atomic E-state index is -4.55. The van der Waals surface area contributed by atoms with Crippen LogP contribution in [0.4, 0.5) is 0 Å². The Morgan fingerprint density at radius 3 is 2.22 bits per heavy atom. The average Bonchev–Trinajstić information content (AvgIpc) is 2.86. The second kappa shape index (κ2) is 13.1. The maximum Gasteiger partial charge on any atom is 0.342 e. The summed E-state index contributed by atoms with van der Waals surface area (Å²) in [5.74, 6) is -1.72. The number of benzene rings is 2. The number of methoxy groups -OCH3 is 2. The number of rotatable bonds is 14. The van der Waals surface area contributed by atoms with Crippen molar-refractivity contribution in [3.05, 3.63) is 30.3 Å². The first-order valence-corrected chi connectivity index (χ1v) is 13.3. The van der Waals surface area contributed by atoms with Gasteiger partial charge >= 0.3 is 5.97 Å². The van der Waals surface area contributed by atoms with E-state index in [9.17, 15) is 23.1 Å². The lowest BCUT2D eigenvalue weighted by Gasteiger charge is -2.31. The van der Waals surface area contributed by atoms with Crippen LogP contribution in [0.3, 0.4) is 0 Å². The minimum Gasteiger partial charge on any atom is -0.493 e. The van der Waals surface area contributed by atoms with E-state index in [-0.39, 0.29) is 30.4 Å². The summed E-state index contributed by atoms with van der Waals surface area (Å²) in [6, 6.07) is 6.33. The third-order valence-electron chi connectivity index (χ3n) is 5.75. The Bertz CT molecular complexity index is 1250. The van der Waals surface area contributed by atoms with Crippen molar-refractivity contribution in [1.29, 1.82) is 0 Å².